The van der Waals surface area contributed by atoms with Crippen molar-refractivity contribution in [1.82, 2.24) is 10.3 Å². The molecule has 5 heteroatoms. The van der Waals surface area contributed by atoms with Crippen molar-refractivity contribution >= 4 is 29.0 Å². The van der Waals surface area contributed by atoms with Gasteiger partial charge in [-0.25, -0.2) is 4.98 Å². The summed E-state index contributed by atoms with van der Waals surface area (Å²) in [5, 5.41) is 4.08. The fourth-order valence-electron chi connectivity index (χ4n) is 2.32. The molecule has 0 spiro atoms. The molecule has 0 bridgehead atoms. The van der Waals surface area contributed by atoms with Gasteiger partial charge < -0.3 is 5.32 Å². The maximum absolute atomic E-state index is 12.1. The van der Waals surface area contributed by atoms with Crippen LogP contribution in [0, 0.1) is 20.8 Å². The number of thiazole rings is 1. The minimum atomic E-state index is -0.0310. The van der Waals surface area contributed by atoms with E-state index in [-0.39, 0.29) is 11.9 Å². The first kappa shape index (κ1) is 17.0. The van der Waals surface area contributed by atoms with Gasteiger partial charge in [0.05, 0.1) is 22.5 Å². The van der Waals surface area contributed by atoms with Crippen LogP contribution in [0.5, 0.6) is 0 Å². The number of benzene rings is 1. The van der Waals surface area contributed by atoms with Gasteiger partial charge in [-0.15, -0.1) is 23.1 Å². The molecular weight excluding hydrogens is 312 g/mol. The lowest BCUT2D eigenvalue weighted by atomic mass is 10.1. The molecule has 0 radical (unpaired) electrons. The molecule has 0 unspecified atom stereocenters. The van der Waals surface area contributed by atoms with Gasteiger partial charge in [0, 0.05) is 10.6 Å². The van der Waals surface area contributed by atoms with Gasteiger partial charge in [0.1, 0.15) is 0 Å². The van der Waals surface area contributed by atoms with Crippen molar-refractivity contribution in [2.24, 2.45) is 0 Å². The van der Waals surface area contributed by atoms with E-state index < -0.39 is 0 Å². The van der Waals surface area contributed by atoms with Gasteiger partial charge >= 0.3 is 0 Å². The van der Waals surface area contributed by atoms with E-state index in [1.54, 1.807) is 23.1 Å². The van der Waals surface area contributed by atoms with Crippen molar-refractivity contribution in [3.05, 3.63) is 51.0 Å². The SMILES string of the molecule is Cc1nc([C@H](C)NC(=O)CSCc2ccccc2C)c(C)s1. The highest BCUT2D eigenvalue weighted by molar-refractivity contribution is 7.99. The molecular formula is C17H22N2OS2. The van der Waals surface area contributed by atoms with Crippen LogP contribution in [-0.4, -0.2) is 16.6 Å². The molecule has 1 atom stereocenters. The Bertz CT molecular complexity index is 652. The number of nitrogens with one attached hydrogen (secondary N) is 1. The number of nitrogens with zero attached hydrogens (tertiary/aromatic N) is 1. The van der Waals surface area contributed by atoms with Crippen molar-refractivity contribution in [2.45, 2.75) is 39.5 Å². The summed E-state index contributed by atoms with van der Waals surface area (Å²) < 4.78 is 0. The van der Waals surface area contributed by atoms with E-state index >= 15 is 0 Å². The first-order valence-electron chi connectivity index (χ1n) is 7.33. The van der Waals surface area contributed by atoms with Crippen LogP contribution in [0.25, 0.3) is 0 Å². The van der Waals surface area contributed by atoms with E-state index in [1.807, 2.05) is 26.0 Å². The molecule has 1 heterocycles. The van der Waals surface area contributed by atoms with E-state index in [4.69, 9.17) is 0 Å². The molecule has 2 rings (SSSR count). The van der Waals surface area contributed by atoms with Gasteiger partial charge in [-0.05, 0) is 38.8 Å². The molecule has 0 saturated heterocycles. The largest absolute Gasteiger partial charge is 0.347 e. The van der Waals surface area contributed by atoms with E-state index in [1.165, 1.54) is 16.0 Å². The van der Waals surface area contributed by atoms with Crippen molar-refractivity contribution in [3.63, 3.8) is 0 Å². The Kier molecular flexibility index (Phi) is 6.03. The average Bonchev–Trinajstić information content (AvgIpc) is 2.80. The summed E-state index contributed by atoms with van der Waals surface area (Å²) in [6.07, 6.45) is 0. The lowest BCUT2D eigenvalue weighted by molar-refractivity contribution is -0.119. The van der Waals surface area contributed by atoms with Crippen molar-refractivity contribution < 1.29 is 4.79 Å². The highest BCUT2D eigenvalue weighted by atomic mass is 32.2. The third-order valence-electron chi connectivity index (χ3n) is 3.48. The summed E-state index contributed by atoms with van der Waals surface area (Å²) >= 11 is 3.32. The lowest BCUT2D eigenvalue weighted by Gasteiger charge is -2.13. The number of amides is 1. The van der Waals surface area contributed by atoms with Crippen LogP contribution in [0.2, 0.25) is 0 Å². The smallest absolute Gasteiger partial charge is 0.230 e. The van der Waals surface area contributed by atoms with Gasteiger partial charge in [-0.3, -0.25) is 4.79 Å². The zero-order valence-corrected chi connectivity index (χ0v) is 15.1. The van der Waals surface area contributed by atoms with Crippen molar-refractivity contribution in [1.29, 1.82) is 0 Å². The summed E-state index contributed by atoms with van der Waals surface area (Å²) in [6.45, 7) is 8.14. The molecule has 0 fully saturated rings. The number of carbonyl (C=O) groups excluding carboxylic acids is 1. The number of hydrogen-bond acceptors (Lipinski definition) is 4. The number of thioether (sulfide) groups is 1. The number of rotatable bonds is 6. The predicted octanol–water partition coefficient (Wildman–Crippen LogP) is 4.18. The van der Waals surface area contributed by atoms with Gasteiger partial charge in [0.25, 0.3) is 0 Å². The monoisotopic (exact) mass is 334 g/mol. The van der Waals surface area contributed by atoms with E-state index in [0.29, 0.717) is 5.75 Å². The topological polar surface area (TPSA) is 42.0 Å². The summed E-state index contributed by atoms with van der Waals surface area (Å²) in [4.78, 5) is 17.7. The number of carbonyl (C=O) groups is 1. The van der Waals surface area contributed by atoms with Crippen LogP contribution in [0.15, 0.2) is 24.3 Å². The molecule has 22 heavy (non-hydrogen) atoms. The normalized spacial score (nSPS) is 12.2. The maximum Gasteiger partial charge on any atom is 0.230 e. The van der Waals surface area contributed by atoms with Crippen LogP contribution in [-0.2, 0) is 10.5 Å². The highest BCUT2D eigenvalue weighted by Crippen LogP contribution is 2.22. The van der Waals surface area contributed by atoms with Crippen molar-refractivity contribution in [3.8, 4) is 0 Å². The van der Waals surface area contributed by atoms with Crippen LogP contribution >= 0.6 is 23.1 Å². The van der Waals surface area contributed by atoms with Crippen LogP contribution in [0.1, 0.15) is 39.7 Å². The van der Waals surface area contributed by atoms with Gasteiger partial charge in [-0.1, -0.05) is 24.3 Å². The molecule has 0 saturated carbocycles. The Morgan fingerprint density at radius 3 is 2.68 bits per heavy atom. The molecule has 1 N–H and O–H groups in total. The van der Waals surface area contributed by atoms with Crippen molar-refractivity contribution in [2.75, 3.05) is 5.75 Å². The first-order valence-corrected chi connectivity index (χ1v) is 9.30. The fourth-order valence-corrected chi connectivity index (χ4v) is 4.15. The molecule has 0 aliphatic rings. The number of aromatic nitrogens is 1. The molecule has 2 aromatic rings. The van der Waals surface area contributed by atoms with Gasteiger partial charge in [0.15, 0.2) is 0 Å². The second-order valence-electron chi connectivity index (χ2n) is 5.38. The average molecular weight is 335 g/mol. The standard InChI is InChI=1S/C17H22N2OS2/c1-11-7-5-6-8-15(11)9-21-10-16(20)18-12(2)17-13(3)22-14(4)19-17/h5-8,12H,9-10H2,1-4H3,(H,18,20)/t12-/m0/s1. The Labute approximate surface area is 140 Å². The fraction of sp³-hybridized carbons (Fsp3) is 0.412. The second-order valence-corrected chi connectivity index (χ2v) is 7.78. The molecule has 118 valence electrons. The van der Waals surface area contributed by atoms with E-state index in [0.717, 1.165) is 16.5 Å². The summed E-state index contributed by atoms with van der Waals surface area (Å²) in [5.74, 6) is 1.40. The highest BCUT2D eigenvalue weighted by Gasteiger charge is 2.15. The molecule has 1 amide bonds. The quantitative estimate of drug-likeness (QED) is 0.862. The number of aryl methyl sites for hydroxylation is 3. The zero-order valence-electron chi connectivity index (χ0n) is 13.5. The molecule has 3 nitrogen and oxygen atoms in total. The summed E-state index contributed by atoms with van der Waals surface area (Å²) in [5.41, 5.74) is 3.55. The first-order chi connectivity index (χ1) is 10.5. The second kappa shape index (κ2) is 7.79. The van der Waals surface area contributed by atoms with Gasteiger partial charge in [0.2, 0.25) is 5.91 Å². The van der Waals surface area contributed by atoms with Crippen LogP contribution in [0.3, 0.4) is 0 Å². The minimum Gasteiger partial charge on any atom is -0.347 e. The Morgan fingerprint density at radius 2 is 2.05 bits per heavy atom. The Balaban J connectivity index is 1.81. The molecule has 0 aliphatic heterocycles. The summed E-state index contributed by atoms with van der Waals surface area (Å²) in [6, 6.07) is 8.26. The minimum absolute atomic E-state index is 0.0310. The maximum atomic E-state index is 12.1. The molecule has 1 aromatic carbocycles. The molecule has 0 aliphatic carbocycles. The molecule has 1 aromatic heterocycles. The van der Waals surface area contributed by atoms with Gasteiger partial charge in [-0.2, -0.15) is 0 Å². The summed E-state index contributed by atoms with van der Waals surface area (Å²) in [7, 11) is 0. The third kappa shape index (κ3) is 4.58. The van der Waals surface area contributed by atoms with Crippen LogP contribution < -0.4 is 5.32 Å². The Hall–Kier alpha value is -1.33. The van der Waals surface area contributed by atoms with E-state index in [2.05, 4.69) is 36.3 Å². The van der Waals surface area contributed by atoms with E-state index in [9.17, 15) is 4.79 Å². The zero-order chi connectivity index (χ0) is 16.1. The third-order valence-corrected chi connectivity index (χ3v) is 5.36. The lowest BCUT2D eigenvalue weighted by Crippen LogP contribution is -2.28. The predicted molar refractivity (Wildman–Crippen MR) is 95.5 cm³/mol. The number of hydrogen-bond donors (Lipinski definition) is 1. The van der Waals surface area contributed by atoms with Crippen LogP contribution in [0.4, 0.5) is 0 Å². The Morgan fingerprint density at radius 1 is 1.32 bits per heavy atom.